The van der Waals surface area contributed by atoms with Gasteiger partial charge in [0.2, 0.25) is 0 Å². The number of aromatic nitrogens is 3. The predicted octanol–water partition coefficient (Wildman–Crippen LogP) is 4.13. The Balaban J connectivity index is 1.38. The van der Waals surface area contributed by atoms with Crippen LogP contribution in [0.1, 0.15) is 87.0 Å². The van der Waals surface area contributed by atoms with Crippen LogP contribution in [0.15, 0.2) is 30.5 Å². The van der Waals surface area contributed by atoms with Crippen LogP contribution in [0.25, 0.3) is 11.3 Å². The number of benzene rings is 1. The highest BCUT2D eigenvalue weighted by molar-refractivity contribution is 6.07. The zero-order chi connectivity index (χ0) is 43.4. The number of alkyl halides is 1. The number of methoxy groups -OCH3 is 1. The molecule has 16 nitrogen and oxygen atoms in total. The number of aryl methyl sites for hydroxylation is 1. The summed E-state index contributed by atoms with van der Waals surface area (Å²) in [7, 11) is 5.19. The number of esters is 1. The number of nitrogens with zero attached hydrogens (tertiary/aromatic N) is 5. The van der Waals surface area contributed by atoms with Crippen molar-refractivity contribution in [3.8, 4) is 11.3 Å². The first-order chi connectivity index (χ1) is 27.7. The van der Waals surface area contributed by atoms with Crippen LogP contribution in [-0.4, -0.2) is 148 Å². The third-order valence-electron chi connectivity index (χ3n) is 12.5. The minimum atomic E-state index is -3.10. The van der Waals surface area contributed by atoms with Gasteiger partial charge in [0.15, 0.2) is 17.7 Å². The Morgan fingerprint density at radius 3 is 2.49 bits per heavy atom. The molecule has 1 amide bonds. The number of anilines is 1. The van der Waals surface area contributed by atoms with E-state index in [2.05, 4.69) is 15.6 Å². The Labute approximate surface area is 347 Å². The summed E-state index contributed by atoms with van der Waals surface area (Å²) in [6.45, 7) is 13.3. The average molecular weight is 832 g/mol. The highest BCUT2D eigenvalue weighted by Gasteiger charge is 2.59. The SMILES string of the molecule is CC[C@H]1OC(=O)C(C)(F)C(=O)C[C@@H](O[C@@H]2O[C@H](C)CC(N(C)C)C2O)[C@](C)(OC)C[C@@H](C)CN[C@H](C)[C@H]2N(CCCCn3cc(-c4cccc(N)c4)nn3)C(=O)O[C@]12C. The first-order valence-corrected chi connectivity index (χ1v) is 20.9. The van der Waals surface area contributed by atoms with Gasteiger partial charge >= 0.3 is 12.1 Å². The average Bonchev–Trinajstić information content (AvgIpc) is 3.76. The minimum absolute atomic E-state index is 0.103. The van der Waals surface area contributed by atoms with Crippen molar-refractivity contribution in [3.63, 3.8) is 0 Å². The molecule has 0 saturated carbocycles. The van der Waals surface area contributed by atoms with Crippen LogP contribution in [0.4, 0.5) is 14.9 Å². The van der Waals surface area contributed by atoms with E-state index in [9.17, 15) is 19.5 Å². The number of hydrogen-bond acceptors (Lipinski definition) is 14. The third kappa shape index (κ3) is 10.2. The molecule has 1 aromatic carbocycles. The molecule has 12 atom stereocenters. The maximum atomic E-state index is 16.7. The van der Waals surface area contributed by atoms with Gasteiger partial charge < -0.3 is 44.7 Å². The smallest absolute Gasteiger partial charge is 0.410 e. The summed E-state index contributed by atoms with van der Waals surface area (Å²) in [5.41, 5.74) is 2.43. The van der Waals surface area contributed by atoms with Gasteiger partial charge in [-0.05, 0) is 105 Å². The number of amides is 1. The van der Waals surface area contributed by atoms with Gasteiger partial charge in [-0.15, -0.1) is 5.10 Å². The van der Waals surface area contributed by atoms with Crippen molar-refractivity contribution in [2.45, 2.75) is 159 Å². The van der Waals surface area contributed by atoms with Gasteiger partial charge in [0.25, 0.3) is 5.67 Å². The second-order valence-electron chi connectivity index (χ2n) is 17.5. The normalized spacial score (nSPS) is 36.5. The molecular formula is C42H66FN7O9. The molecule has 330 valence electrons. The highest BCUT2D eigenvalue weighted by Crippen LogP contribution is 2.40. The monoisotopic (exact) mass is 831 g/mol. The zero-order valence-electron chi connectivity index (χ0n) is 36.4. The molecule has 3 aliphatic heterocycles. The number of aliphatic hydroxyl groups is 1. The summed E-state index contributed by atoms with van der Waals surface area (Å²) in [6.07, 6.45) is -1.74. The summed E-state index contributed by atoms with van der Waals surface area (Å²) in [4.78, 5) is 45.1. The molecule has 4 N–H and O–H groups in total. The number of halogens is 1. The molecule has 3 saturated heterocycles. The molecule has 0 aliphatic carbocycles. The number of unbranched alkanes of at least 4 members (excludes halogenated alkanes) is 1. The first-order valence-electron chi connectivity index (χ1n) is 20.9. The Morgan fingerprint density at radius 1 is 1.12 bits per heavy atom. The molecule has 3 fully saturated rings. The van der Waals surface area contributed by atoms with Gasteiger partial charge in [0.05, 0.1) is 30.0 Å². The number of ketones is 1. The molecule has 0 radical (unpaired) electrons. The predicted molar refractivity (Wildman–Crippen MR) is 218 cm³/mol. The third-order valence-corrected chi connectivity index (χ3v) is 12.5. The van der Waals surface area contributed by atoms with Gasteiger partial charge in [-0.3, -0.25) is 14.4 Å². The number of nitrogens with two attached hydrogens (primary N) is 1. The minimum Gasteiger partial charge on any atom is -0.455 e. The second-order valence-corrected chi connectivity index (χ2v) is 17.5. The highest BCUT2D eigenvalue weighted by atomic mass is 19.1. The van der Waals surface area contributed by atoms with Crippen molar-refractivity contribution >= 4 is 23.5 Å². The van der Waals surface area contributed by atoms with Crippen LogP contribution in [0.3, 0.4) is 0 Å². The number of nitrogens with one attached hydrogen (secondary N) is 1. The first kappa shape index (κ1) is 46.3. The number of ether oxygens (including phenoxy) is 5. The number of rotatable bonds is 11. The lowest BCUT2D eigenvalue weighted by Gasteiger charge is -2.45. The lowest BCUT2D eigenvalue weighted by atomic mass is 9.83. The van der Waals surface area contributed by atoms with Crippen molar-refractivity contribution in [3.05, 3.63) is 30.5 Å². The fourth-order valence-electron chi connectivity index (χ4n) is 8.93. The Bertz CT molecular complexity index is 1760. The van der Waals surface area contributed by atoms with E-state index in [4.69, 9.17) is 29.4 Å². The van der Waals surface area contributed by atoms with E-state index in [-0.39, 0.29) is 24.5 Å². The molecule has 0 bridgehead atoms. The van der Waals surface area contributed by atoms with Gasteiger partial charge in [-0.1, -0.05) is 31.2 Å². The Hall–Kier alpha value is -3.74. The second kappa shape index (κ2) is 18.9. The van der Waals surface area contributed by atoms with Crippen molar-refractivity contribution in [1.29, 1.82) is 0 Å². The largest absolute Gasteiger partial charge is 0.455 e. The molecule has 1 aromatic heterocycles. The molecule has 0 spiro atoms. The molecule has 2 aromatic rings. The molecule has 59 heavy (non-hydrogen) atoms. The number of nitrogen functional groups attached to an aromatic ring is 1. The van der Waals surface area contributed by atoms with Crippen LogP contribution in [0, 0.1) is 5.92 Å². The fraction of sp³-hybridized carbons (Fsp3) is 0.738. The van der Waals surface area contributed by atoms with Crippen molar-refractivity contribution in [2.75, 3.05) is 40.0 Å². The molecular weight excluding hydrogens is 765 g/mol. The van der Waals surface area contributed by atoms with Crippen LogP contribution in [0.5, 0.6) is 0 Å². The topological polar surface area (TPSA) is 193 Å². The van der Waals surface area contributed by atoms with Crippen molar-refractivity contribution in [1.82, 2.24) is 30.1 Å². The Kier molecular flexibility index (Phi) is 14.8. The van der Waals surface area contributed by atoms with Crippen molar-refractivity contribution in [2.24, 2.45) is 5.92 Å². The summed E-state index contributed by atoms with van der Waals surface area (Å²) in [5.74, 6) is -2.58. The standard InChI is InChI=1S/C42H66FN7O9/c1-11-33-42(7)36(50(39(54)59-42)18-13-12-17-49-24-30(46-47-49)28-15-14-16-29(44)20-28)27(4)45-23-25(2)22-40(5,55-10)34(21-32(51)41(6,43)38(53)58-33)57-37-35(52)31(48(8)9)19-26(3)56-37/h14-16,20,24-27,31,33-37,45,52H,11-13,17-19,21-23,44H2,1-10H3/t25-,26-,27-,31?,33-,34-,35?,36-,37+,40-,41?,42-/m1/s1. The van der Waals surface area contributed by atoms with Crippen LogP contribution < -0.4 is 11.1 Å². The number of fused-ring (bicyclic) bond motifs is 1. The van der Waals surface area contributed by atoms with E-state index in [1.807, 2.05) is 64.2 Å². The number of cyclic esters (lactones) is 1. The summed E-state index contributed by atoms with van der Waals surface area (Å²) in [5, 5.41) is 23.5. The number of carbonyl (C=O) groups is 3. The molecule has 3 aliphatic rings. The zero-order valence-corrected chi connectivity index (χ0v) is 36.4. The van der Waals surface area contributed by atoms with Crippen molar-refractivity contribution < 1.29 is 47.6 Å². The quantitative estimate of drug-likeness (QED) is 0.127. The summed E-state index contributed by atoms with van der Waals surface area (Å²) >= 11 is 0. The van der Waals surface area contributed by atoms with E-state index in [0.717, 1.165) is 12.5 Å². The number of carbonyl (C=O) groups excluding carboxylic acids is 3. The number of likely N-dealkylation sites (N-methyl/N-ethyl adjacent to an activating group) is 1. The van der Waals surface area contributed by atoms with E-state index in [1.165, 1.54) is 7.11 Å². The summed E-state index contributed by atoms with van der Waals surface area (Å²) < 4.78 is 49.0. The number of hydrogen-bond donors (Lipinski definition) is 3. The molecule has 5 rings (SSSR count). The van der Waals surface area contributed by atoms with Gasteiger partial charge in [-0.2, -0.15) is 0 Å². The molecule has 17 heteroatoms. The Morgan fingerprint density at radius 2 is 1.83 bits per heavy atom. The molecule has 3 unspecified atom stereocenters. The van der Waals surface area contributed by atoms with Crippen LogP contribution >= 0.6 is 0 Å². The number of aliphatic hydroxyl groups excluding tert-OH is 1. The van der Waals surface area contributed by atoms with Crippen LogP contribution in [0.2, 0.25) is 0 Å². The number of Topliss-reactive ketones (excluding diaryl/α,β-unsaturated/α-hetero) is 1. The molecule has 4 heterocycles. The maximum Gasteiger partial charge on any atom is 0.410 e. The van der Waals surface area contributed by atoms with Gasteiger partial charge in [0.1, 0.15) is 17.9 Å². The lowest BCUT2D eigenvalue weighted by Crippen LogP contribution is -2.61. The lowest BCUT2D eigenvalue weighted by molar-refractivity contribution is -0.289. The van der Waals surface area contributed by atoms with E-state index in [1.54, 1.807) is 36.4 Å². The maximum absolute atomic E-state index is 16.7. The fourth-order valence-corrected chi connectivity index (χ4v) is 8.93. The van der Waals surface area contributed by atoms with E-state index in [0.29, 0.717) is 56.7 Å². The van der Waals surface area contributed by atoms with E-state index < -0.39 is 77.8 Å². The summed E-state index contributed by atoms with van der Waals surface area (Å²) in [6, 6.07) is 6.08. The van der Waals surface area contributed by atoms with Gasteiger partial charge in [-0.25, -0.2) is 14.0 Å². The van der Waals surface area contributed by atoms with Crippen LogP contribution in [-0.2, 0) is 39.8 Å². The van der Waals surface area contributed by atoms with Gasteiger partial charge in [0, 0.05) is 50.0 Å². The van der Waals surface area contributed by atoms with E-state index >= 15 is 4.39 Å².